The first-order chi connectivity index (χ1) is 13.2. The van der Waals surface area contributed by atoms with Gasteiger partial charge in [-0.25, -0.2) is 21.6 Å². The molecule has 0 unspecified atom stereocenters. The number of nitrogens with zero attached hydrogens (tertiary/aromatic N) is 4. The van der Waals surface area contributed by atoms with Crippen LogP contribution in [-0.2, 0) is 25.8 Å². The normalized spacial score (nSPS) is 17.1. The summed E-state index contributed by atoms with van der Waals surface area (Å²) in [7, 11) is -6.64. The Morgan fingerprint density at radius 2 is 1.96 bits per heavy atom. The second kappa shape index (κ2) is 10.2. The monoisotopic (exact) mass is 436 g/mol. The lowest BCUT2D eigenvalue weighted by atomic mass is 10.4. The van der Waals surface area contributed by atoms with E-state index in [0.717, 1.165) is 6.26 Å². The molecule has 28 heavy (non-hydrogen) atoms. The molecule has 1 saturated heterocycles. The van der Waals surface area contributed by atoms with Gasteiger partial charge in [0.25, 0.3) is 0 Å². The summed E-state index contributed by atoms with van der Waals surface area (Å²) in [5, 5.41) is 6.86. The van der Waals surface area contributed by atoms with Gasteiger partial charge in [-0.15, -0.1) is 0 Å². The molecule has 160 valence electrons. The third-order valence-corrected chi connectivity index (χ3v) is 6.59. The minimum absolute atomic E-state index is 0.176. The van der Waals surface area contributed by atoms with Crippen LogP contribution < -0.4 is 10.0 Å². The van der Waals surface area contributed by atoms with Crippen LogP contribution in [0.25, 0.3) is 0 Å². The Labute approximate surface area is 166 Å². The van der Waals surface area contributed by atoms with E-state index < -0.39 is 20.0 Å². The van der Waals surface area contributed by atoms with E-state index in [1.165, 1.54) is 10.6 Å². The molecule has 0 aliphatic carbocycles. The molecule has 13 heteroatoms. The number of nitrogens with one attached hydrogen (secondary N) is 2. The molecule has 0 bridgehead atoms. The van der Waals surface area contributed by atoms with Crippen LogP contribution in [0.15, 0.2) is 21.8 Å². The quantitative estimate of drug-likeness (QED) is 0.286. The summed E-state index contributed by atoms with van der Waals surface area (Å²) in [6, 6.07) is 1.54. The number of sulfonamides is 2. The van der Waals surface area contributed by atoms with Crippen molar-refractivity contribution in [1.29, 1.82) is 0 Å². The Morgan fingerprint density at radius 3 is 2.54 bits per heavy atom. The van der Waals surface area contributed by atoms with Crippen molar-refractivity contribution < 1.29 is 21.4 Å². The maximum absolute atomic E-state index is 12.5. The molecule has 1 fully saturated rings. The van der Waals surface area contributed by atoms with Crippen LogP contribution in [0, 0.1) is 0 Å². The van der Waals surface area contributed by atoms with E-state index in [2.05, 4.69) is 20.2 Å². The Hall–Kier alpha value is -1.70. The molecule has 2 N–H and O–H groups in total. The lowest BCUT2D eigenvalue weighted by Gasteiger charge is -2.35. The third kappa shape index (κ3) is 7.37. The van der Waals surface area contributed by atoms with Gasteiger partial charge in [0.1, 0.15) is 12.0 Å². The zero-order valence-corrected chi connectivity index (χ0v) is 17.8. The van der Waals surface area contributed by atoms with Crippen LogP contribution in [0.2, 0.25) is 0 Å². The molecule has 1 aromatic rings. The number of guanidine groups is 1. The summed E-state index contributed by atoms with van der Waals surface area (Å²) in [5.74, 6) is 0.528. The average Bonchev–Trinajstić information content (AvgIpc) is 3.12. The van der Waals surface area contributed by atoms with E-state index >= 15 is 0 Å². The average molecular weight is 437 g/mol. The fraction of sp³-hybridized carbons (Fsp3) is 0.733. The summed E-state index contributed by atoms with van der Waals surface area (Å²) in [5.41, 5.74) is 0.389. The van der Waals surface area contributed by atoms with Crippen molar-refractivity contribution in [2.75, 3.05) is 52.1 Å². The predicted octanol–water partition coefficient (Wildman–Crippen LogP) is -0.973. The number of piperazine rings is 1. The highest BCUT2D eigenvalue weighted by Crippen LogP contribution is 2.13. The second-order valence-electron chi connectivity index (χ2n) is 6.39. The van der Waals surface area contributed by atoms with Crippen molar-refractivity contribution in [2.24, 2.45) is 4.99 Å². The lowest BCUT2D eigenvalue weighted by molar-refractivity contribution is 0.260. The van der Waals surface area contributed by atoms with Gasteiger partial charge in [-0.1, -0.05) is 5.16 Å². The molecular formula is C15H28N6O5S2. The minimum Gasteiger partial charge on any atom is -0.364 e. The molecule has 0 saturated carbocycles. The molecule has 0 atom stereocenters. The van der Waals surface area contributed by atoms with Crippen molar-refractivity contribution in [1.82, 2.24) is 24.4 Å². The molecule has 11 nitrogen and oxygen atoms in total. The van der Waals surface area contributed by atoms with Crippen molar-refractivity contribution in [3.05, 3.63) is 18.0 Å². The van der Waals surface area contributed by atoms with E-state index in [-0.39, 0.29) is 5.75 Å². The number of hydrogen-bond donors (Lipinski definition) is 2. The third-order valence-electron chi connectivity index (χ3n) is 4.05. The minimum atomic E-state index is -3.45. The highest BCUT2D eigenvalue weighted by molar-refractivity contribution is 7.88. The van der Waals surface area contributed by atoms with Gasteiger partial charge in [-0.3, -0.25) is 4.99 Å². The molecular weight excluding hydrogens is 408 g/mol. The van der Waals surface area contributed by atoms with E-state index in [0.29, 0.717) is 63.9 Å². The van der Waals surface area contributed by atoms with Crippen LogP contribution >= 0.6 is 0 Å². The van der Waals surface area contributed by atoms with Crippen molar-refractivity contribution in [3.8, 4) is 0 Å². The Balaban J connectivity index is 1.86. The Bertz CT molecular complexity index is 830. The van der Waals surface area contributed by atoms with Gasteiger partial charge in [0, 0.05) is 51.9 Å². The zero-order valence-electron chi connectivity index (χ0n) is 16.2. The van der Waals surface area contributed by atoms with Gasteiger partial charge < -0.3 is 14.7 Å². The van der Waals surface area contributed by atoms with Crippen LogP contribution in [0.5, 0.6) is 0 Å². The van der Waals surface area contributed by atoms with E-state index in [9.17, 15) is 16.8 Å². The van der Waals surface area contributed by atoms with Gasteiger partial charge in [-0.2, -0.15) is 4.31 Å². The standard InChI is InChI=1S/C15H28N6O5S2/c1-3-16-15(17-6-4-7-18-27(2,22)23)20-8-10-21(11-9-20)28(24,25)13-14-5-12-26-19-14/h5,12,18H,3-4,6-11,13H2,1-2H3,(H,16,17). The molecule has 1 aliphatic heterocycles. The van der Waals surface area contributed by atoms with Crippen LogP contribution in [0.3, 0.4) is 0 Å². The number of aromatic nitrogens is 1. The van der Waals surface area contributed by atoms with Crippen molar-refractivity contribution in [3.63, 3.8) is 0 Å². The SMILES string of the molecule is CCNC(=NCCCNS(C)(=O)=O)N1CCN(S(=O)(=O)Cc2ccon2)CC1. The maximum Gasteiger partial charge on any atom is 0.220 e. The molecule has 0 amide bonds. The van der Waals surface area contributed by atoms with Crippen LogP contribution in [0.4, 0.5) is 0 Å². The fourth-order valence-corrected chi connectivity index (χ4v) is 4.66. The Kier molecular flexibility index (Phi) is 8.22. The summed E-state index contributed by atoms with van der Waals surface area (Å²) < 4.78 is 55.7. The molecule has 0 aromatic carbocycles. The first kappa shape index (κ1) is 22.6. The number of rotatable bonds is 9. The second-order valence-corrected chi connectivity index (χ2v) is 10.2. The molecule has 0 spiro atoms. The largest absolute Gasteiger partial charge is 0.364 e. The fourth-order valence-electron chi connectivity index (χ4n) is 2.72. The van der Waals surface area contributed by atoms with E-state index in [1.54, 1.807) is 6.07 Å². The molecule has 1 aromatic heterocycles. The van der Waals surface area contributed by atoms with Gasteiger partial charge in [-0.05, 0) is 13.3 Å². The van der Waals surface area contributed by atoms with E-state index in [1.807, 2.05) is 11.8 Å². The van der Waals surface area contributed by atoms with Gasteiger partial charge in [0.2, 0.25) is 20.0 Å². The van der Waals surface area contributed by atoms with Gasteiger partial charge in [0.05, 0.1) is 11.9 Å². The summed E-state index contributed by atoms with van der Waals surface area (Å²) in [6.07, 6.45) is 3.05. The van der Waals surface area contributed by atoms with Gasteiger partial charge >= 0.3 is 0 Å². The highest BCUT2D eigenvalue weighted by Gasteiger charge is 2.28. The molecule has 2 rings (SSSR count). The van der Waals surface area contributed by atoms with Crippen molar-refractivity contribution >= 4 is 26.0 Å². The topological polar surface area (TPSA) is 137 Å². The smallest absolute Gasteiger partial charge is 0.220 e. The van der Waals surface area contributed by atoms with Crippen molar-refractivity contribution in [2.45, 2.75) is 19.1 Å². The van der Waals surface area contributed by atoms with Crippen LogP contribution in [0.1, 0.15) is 19.0 Å². The number of hydrogen-bond acceptors (Lipinski definition) is 7. The molecule has 1 aliphatic rings. The predicted molar refractivity (Wildman–Crippen MR) is 106 cm³/mol. The highest BCUT2D eigenvalue weighted by atomic mass is 32.2. The lowest BCUT2D eigenvalue weighted by Crippen LogP contribution is -2.54. The molecule has 0 radical (unpaired) electrons. The molecule has 2 heterocycles. The first-order valence-electron chi connectivity index (χ1n) is 9.06. The van der Waals surface area contributed by atoms with Gasteiger partial charge in [0.15, 0.2) is 5.96 Å². The maximum atomic E-state index is 12.5. The summed E-state index contributed by atoms with van der Waals surface area (Å²) in [4.78, 5) is 6.52. The first-order valence-corrected chi connectivity index (χ1v) is 12.6. The van der Waals surface area contributed by atoms with Crippen LogP contribution in [-0.4, -0.2) is 89.2 Å². The van der Waals surface area contributed by atoms with E-state index in [4.69, 9.17) is 4.52 Å². The summed E-state index contributed by atoms with van der Waals surface area (Å²) in [6.45, 7) is 5.20. The number of aliphatic imine (C=N–C) groups is 1. The zero-order chi connectivity index (χ0) is 20.6. The Morgan fingerprint density at radius 1 is 1.25 bits per heavy atom. The summed E-state index contributed by atoms with van der Waals surface area (Å²) >= 11 is 0.